The van der Waals surface area contributed by atoms with Crippen LogP contribution in [0.5, 0.6) is 0 Å². The first-order chi connectivity index (χ1) is 10.8. The number of nitrogens with zero attached hydrogens (tertiary/aromatic N) is 3. The van der Waals surface area contributed by atoms with Gasteiger partial charge in [-0.25, -0.2) is 9.97 Å². The van der Waals surface area contributed by atoms with Gasteiger partial charge in [-0.2, -0.15) is 0 Å². The second-order valence-corrected chi connectivity index (χ2v) is 4.92. The van der Waals surface area contributed by atoms with E-state index in [1.54, 1.807) is 13.3 Å². The molecular weight excluding hydrogens is 286 g/mol. The summed E-state index contributed by atoms with van der Waals surface area (Å²) in [6.45, 7) is 6.18. The summed E-state index contributed by atoms with van der Waals surface area (Å²) in [7, 11) is 1.59. The zero-order chi connectivity index (χ0) is 15.6. The largest absolute Gasteiger partial charge is 0.383 e. The summed E-state index contributed by atoms with van der Waals surface area (Å²) in [5.74, 6) is 0.422. The van der Waals surface area contributed by atoms with Crippen LogP contribution in [0.25, 0.3) is 0 Å². The minimum atomic E-state index is -0.246. The normalized spacial score (nSPS) is 15.5. The fourth-order valence-electron chi connectivity index (χ4n) is 2.06. The molecule has 22 heavy (non-hydrogen) atoms. The van der Waals surface area contributed by atoms with Gasteiger partial charge in [0.15, 0.2) is 0 Å². The molecule has 2 heterocycles. The number of carbonyl (C=O) groups is 1. The Balaban J connectivity index is 1.70. The highest BCUT2D eigenvalue weighted by atomic mass is 16.5. The van der Waals surface area contributed by atoms with Crippen LogP contribution in [-0.4, -0.2) is 80.4 Å². The Bertz CT molecular complexity index is 448. The standard InChI is InChI=1S/C14H23N5O3/c1-21-7-3-16-14(20)12-10-18-13(11-17-12)15-2-4-19-5-8-22-9-6-19/h10-11H,2-9H2,1H3,(H,15,18)(H,16,20). The van der Waals surface area contributed by atoms with E-state index in [-0.39, 0.29) is 5.91 Å². The number of ether oxygens (including phenoxy) is 2. The number of amides is 1. The van der Waals surface area contributed by atoms with Crippen LogP contribution in [0.15, 0.2) is 12.4 Å². The molecule has 0 unspecified atom stereocenters. The third-order valence-corrected chi connectivity index (χ3v) is 3.31. The van der Waals surface area contributed by atoms with Crippen molar-refractivity contribution in [2.75, 3.05) is 65.0 Å². The highest BCUT2D eigenvalue weighted by molar-refractivity contribution is 5.91. The van der Waals surface area contributed by atoms with Gasteiger partial charge in [0.1, 0.15) is 11.5 Å². The van der Waals surface area contributed by atoms with Gasteiger partial charge in [0.2, 0.25) is 0 Å². The quantitative estimate of drug-likeness (QED) is 0.631. The van der Waals surface area contributed by atoms with E-state index in [9.17, 15) is 4.79 Å². The van der Waals surface area contributed by atoms with Crippen molar-refractivity contribution in [2.45, 2.75) is 0 Å². The molecule has 8 heteroatoms. The molecular formula is C14H23N5O3. The highest BCUT2D eigenvalue weighted by Crippen LogP contribution is 2.02. The summed E-state index contributed by atoms with van der Waals surface area (Å²) in [6.07, 6.45) is 3.05. The Morgan fingerprint density at radius 3 is 2.82 bits per heavy atom. The minimum absolute atomic E-state index is 0.246. The first-order valence-electron chi connectivity index (χ1n) is 7.43. The molecule has 2 rings (SSSR count). The van der Waals surface area contributed by atoms with Gasteiger partial charge in [0.25, 0.3) is 5.91 Å². The lowest BCUT2D eigenvalue weighted by Gasteiger charge is -2.26. The fourth-order valence-corrected chi connectivity index (χ4v) is 2.06. The number of aromatic nitrogens is 2. The summed E-state index contributed by atoms with van der Waals surface area (Å²) < 4.78 is 10.2. The predicted molar refractivity (Wildman–Crippen MR) is 82.0 cm³/mol. The van der Waals surface area contributed by atoms with Gasteiger partial charge in [0, 0.05) is 39.8 Å². The zero-order valence-electron chi connectivity index (χ0n) is 12.9. The summed E-state index contributed by atoms with van der Waals surface area (Å²) >= 11 is 0. The van der Waals surface area contributed by atoms with Gasteiger partial charge >= 0.3 is 0 Å². The summed E-state index contributed by atoms with van der Waals surface area (Å²) in [4.78, 5) is 22.4. The van der Waals surface area contributed by atoms with E-state index in [1.807, 2.05) is 0 Å². The van der Waals surface area contributed by atoms with E-state index in [4.69, 9.17) is 9.47 Å². The van der Waals surface area contributed by atoms with Crippen LogP contribution < -0.4 is 10.6 Å². The van der Waals surface area contributed by atoms with Crippen LogP contribution in [0.1, 0.15) is 10.5 Å². The number of rotatable bonds is 8. The number of anilines is 1. The molecule has 0 aliphatic carbocycles. The smallest absolute Gasteiger partial charge is 0.271 e. The fraction of sp³-hybridized carbons (Fsp3) is 0.643. The molecule has 0 spiro atoms. The number of hydrogen-bond acceptors (Lipinski definition) is 7. The van der Waals surface area contributed by atoms with E-state index >= 15 is 0 Å². The third-order valence-electron chi connectivity index (χ3n) is 3.31. The second-order valence-electron chi connectivity index (χ2n) is 4.92. The molecule has 1 aromatic rings. The van der Waals surface area contributed by atoms with Crippen LogP contribution in [0.4, 0.5) is 5.82 Å². The lowest BCUT2D eigenvalue weighted by atomic mass is 10.4. The maximum Gasteiger partial charge on any atom is 0.271 e. The van der Waals surface area contributed by atoms with Crippen molar-refractivity contribution in [3.05, 3.63) is 18.1 Å². The van der Waals surface area contributed by atoms with E-state index < -0.39 is 0 Å². The lowest BCUT2D eigenvalue weighted by Crippen LogP contribution is -2.39. The predicted octanol–water partition coefficient (Wildman–Crippen LogP) is -0.403. The monoisotopic (exact) mass is 309 g/mol. The molecule has 0 bridgehead atoms. The molecule has 0 radical (unpaired) electrons. The van der Waals surface area contributed by atoms with Crippen molar-refractivity contribution in [2.24, 2.45) is 0 Å². The van der Waals surface area contributed by atoms with Gasteiger partial charge in [-0.3, -0.25) is 9.69 Å². The molecule has 1 aromatic heterocycles. The molecule has 8 nitrogen and oxygen atoms in total. The molecule has 2 N–H and O–H groups in total. The van der Waals surface area contributed by atoms with Crippen LogP contribution in [0.2, 0.25) is 0 Å². The second kappa shape index (κ2) is 9.29. The van der Waals surface area contributed by atoms with Crippen molar-refractivity contribution in [3.8, 4) is 0 Å². The summed E-state index contributed by atoms with van der Waals surface area (Å²) in [5.41, 5.74) is 0.301. The van der Waals surface area contributed by atoms with Crippen molar-refractivity contribution in [3.63, 3.8) is 0 Å². The average Bonchev–Trinajstić information content (AvgIpc) is 2.56. The minimum Gasteiger partial charge on any atom is -0.383 e. The highest BCUT2D eigenvalue weighted by Gasteiger charge is 2.10. The Kier molecular flexibility index (Phi) is 7.01. The summed E-state index contributed by atoms with van der Waals surface area (Å²) in [5, 5.41) is 5.90. The average molecular weight is 309 g/mol. The van der Waals surface area contributed by atoms with E-state index in [1.165, 1.54) is 6.20 Å². The maximum atomic E-state index is 11.7. The summed E-state index contributed by atoms with van der Waals surface area (Å²) in [6, 6.07) is 0. The SMILES string of the molecule is COCCNC(=O)c1cnc(NCCN2CCOCC2)cn1. The van der Waals surface area contributed by atoms with E-state index in [2.05, 4.69) is 25.5 Å². The van der Waals surface area contributed by atoms with Gasteiger partial charge in [-0.15, -0.1) is 0 Å². The maximum absolute atomic E-state index is 11.7. The molecule has 1 aliphatic rings. The Morgan fingerprint density at radius 2 is 2.14 bits per heavy atom. The Labute approximate surface area is 130 Å². The number of methoxy groups -OCH3 is 1. The molecule has 1 aliphatic heterocycles. The Hall–Kier alpha value is -1.77. The van der Waals surface area contributed by atoms with Crippen molar-refractivity contribution in [1.82, 2.24) is 20.2 Å². The molecule has 0 saturated carbocycles. The zero-order valence-corrected chi connectivity index (χ0v) is 12.9. The number of carbonyl (C=O) groups excluding carboxylic acids is 1. The molecule has 0 aromatic carbocycles. The Morgan fingerprint density at radius 1 is 1.32 bits per heavy atom. The molecule has 122 valence electrons. The van der Waals surface area contributed by atoms with Crippen molar-refractivity contribution >= 4 is 11.7 Å². The van der Waals surface area contributed by atoms with Crippen molar-refractivity contribution < 1.29 is 14.3 Å². The van der Waals surface area contributed by atoms with Gasteiger partial charge in [0.05, 0.1) is 32.2 Å². The molecule has 1 fully saturated rings. The van der Waals surface area contributed by atoms with Crippen LogP contribution in [-0.2, 0) is 9.47 Å². The van der Waals surface area contributed by atoms with E-state index in [0.717, 1.165) is 39.4 Å². The van der Waals surface area contributed by atoms with Crippen LogP contribution >= 0.6 is 0 Å². The topological polar surface area (TPSA) is 88.6 Å². The first-order valence-corrected chi connectivity index (χ1v) is 7.43. The lowest BCUT2D eigenvalue weighted by molar-refractivity contribution is 0.0398. The van der Waals surface area contributed by atoms with Crippen LogP contribution in [0, 0.1) is 0 Å². The molecule has 1 amide bonds. The third kappa shape index (κ3) is 5.55. The van der Waals surface area contributed by atoms with Gasteiger partial charge in [-0.05, 0) is 0 Å². The van der Waals surface area contributed by atoms with Crippen molar-refractivity contribution in [1.29, 1.82) is 0 Å². The number of nitrogens with one attached hydrogen (secondary N) is 2. The number of hydrogen-bond donors (Lipinski definition) is 2. The van der Waals surface area contributed by atoms with Gasteiger partial charge in [-0.1, -0.05) is 0 Å². The first kappa shape index (κ1) is 16.6. The molecule has 1 saturated heterocycles. The molecule has 0 atom stereocenters. The van der Waals surface area contributed by atoms with Gasteiger partial charge < -0.3 is 20.1 Å². The van der Waals surface area contributed by atoms with Crippen LogP contribution in [0.3, 0.4) is 0 Å². The van der Waals surface area contributed by atoms with E-state index in [0.29, 0.717) is 24.7 Å². The number of morpholine rings is 1.